The van der Waals surface area contributed by atoms with E-state index in [4.69, 9.17) is 10.5 Å². The highest BCUT2D eigenvalue weighted by Crippen LogP contribution is 2.29. The Kier molecular flexibility index (Phi) is 4.58. The van der Waals surface area contributed by atoms with Crippen LogP contribution in [0.1, 0.15) is 38.2 Å². The Balaban J connectivity index is 2.13. The molecule has 5 heteroatoms. The van der Waals surface area contributed by atoms with Crippen LogP contribution in [0.25, 0.3) is 0 Å². The third-order valence-corrected chi connectivity index (χ3v) is 3.71. The van der Waals surface area contributed by atoms with Crippen molar-refractivity contribution in [3.05, 3.63) is 11.9 Å². The van der Waals surface area contributed by atoms with Gasteiger partial charge in [0.1, 0.15) is 18.0 Å². The predicted octanol–water partition coefficient (Wildman–Crippen LogP) is 2.04. The highest BCUT2D eigenvalue weighted by molar-refractivity contribution is 5.57. The first kappa shape index (κ1) is 14.1. The molecule has 0 aromatic carbocycles. The highest BCUT2D eigenvalue weighted by Gasteiger charge is 2.20. The number of anilines is 2. The van der Waals surface area contributed by atoms with Gasteiger partial charge in [0, 0.05) is 32.4 Å². The Morgan fingerprint density at radius 1 is 1.37 bits per heavy atom. The summed E-state index contributed by atoms with van der Waals surface area (Å²) >= 11 is 0. The zero-order valence-electron chi connectivity index (χ0n) is 12.1. The van der Waals surface area contributed by atoms with Crippen molar-refractivity contribution >= 4 is 11.6 Å². The van der Waals surface area contributed by atoms with E-state index in [0.29, 0.717) is 17.7 Å². The van der Waals surface area contributed by atoms with Crippen LogP contribution < -0.4 is 10.6 Å². The fourth-order valence-electron chi connectivity index (χ4n) is 2.66. The van der Waals surface area contributed by atoms with E-state index in [1.54, 1.807) is 6.33 Å². The van der Waals surface area contributed by atoms with E-state index in [9.17, 15) is 0 Å². The Bertz CT molecular complexity index is 416. The van der Waals surface area contributed by atoms with Gasteiger partial charge in [-0.2, -0.15) is 0 Å². The molecule has 0 spiro atoms. The standard InChI is InChI=1S/C14H24N4O/c1-10(2)12-13(15)16-9-17-14(12)18(3)8-11-4-6-19-7-5-11/h9-11H,4-8H2,1-3H3,(H2,15,16,17). The van der Waals surface area contributed by atoms with Gasteiger partial charge in [0.05, 0.1) is 0 Å². The molecule has 0 aliphatic carbocycles. The number of hydrogen-bond donors (Lipinski definition) is 1. The Morgan fingerprint density at radius 2 is 2.05 bits per heavy atom. The molecule has 0 radical (unpaired) electrons. The van der Waals surface area contributed by atoms with E-state index >= 15 is 0 Å². The monoisotopic (exact) mass is 264 g/mol. The third kappa shape index (κ3) is 3.35. The summed E-state index contributed by atoms with van der Waals surface area (Å²) in [6.45, 7) is 7.00. The average Bonchev–Trinajstić information content (AvgIpc) is 2.39. The summed E-state index contributed by atoms with van der Waals surface area (Å²) in [6, 6.07) is 0. The molecular formula is C14H24N4O. The lowest BCUT2D eigenvalue weighted by atomic mass is 9.99. The number of hydrogen-bond acceptors (Lipinski definition) is 5. The Hall–Kier alpha value is -1.36. The molecule has 0 bridgehead atoms. The van der Waals surface area contributed by atoms with Crippen molar-refractivity contribution in [3.63, 3.8) is 0 Å². The largest absolute Gasteiger partial charge is 0.383 e. The molecule has 0 amide bonds. The maximum absolute atomic E-state index is 6.00. The minimum atomic E-state index is 0.327. The van der Waals surface area contributed by atoms with Gasteiger partial charge in [0.25, 0.3) is 0 Å². The first-order chi connectivity index (χ1) is 9.09. The lowest BCUT2D eigenvalue weighted by Gasteiger charge is -2.29. The number of nitrogen functional groups attached to an aromatic ring is 1. The first-order valence-corrected chi connectivity index (χ1v) is 6.98. The van der Waals surface area contributed by atoms with Crippen molar-refractivity contribution in [2.45, 2.75) is 32.6 Å². The van der Waals surface area contributed by atoms with Crippen LogP contribution in [0.4, 0.5) is 11.6 Å². The van der Waals surface area contributed by atoms with E-state index in [-0.39, 0.29) is 0 Å². The normalized spacial score (nSPS) is 16.8. The summed E-state index contributed by atoms with van der Waals surface area (Å²) in [5.74, 6) is 2.57. The van der Waals surface area contributed by atoms with E-state index in [1.165, 1.54) is 0 Å². The molecule has 19 heavy (non-hydrogen) atoms. The third-order valence-electron chi connectivity index (χ3n) is 3.71. The molecule has 5 nitrogen and oxygen atoms in total. The molecule has 1 fully saturated rings. The molecular weight excluding hydrogens is 240 g/mol. The SMILES string of the molecule is CC(C)c1c(N)ncnc1N(C)CC1CCOCC1. The van der Waals surface area contributed by atoms with Crippen molar-refractivity contribution in [2.75, 3.05) is 37.4 Å². The Labute approximate surface area is 115 Å². The van der Waals surface area contributed by atoms with Crippen molar-refractivity contribution in [1.82, 2.24) is 9.97 Å². The first-order valence-electron chi connectivity index (χ1n) is 6.98. The molecule has 1 aromatic rings. The van der Waals surface area contributed by atoms with Crippen LogP contribution in [-0.2, 0) is 4.74 Å². The number of nitrogens with two attached hydrogens (primary N) is 1. The summed E-state index contributed by atoms with van der Waals surface area (Å²) in [7, 11) is 2.09. The predicted molar refractivity (Wildman–Crippen MR) is 77.3 cm³/mol. The summed E-state index contributed by atoms with van der Waals surface area (Å²) in [6.07, 6.45) is 3.81. The molecule has 2 rings (SSSR count). The van der Waals surface area contributed by atoms with Gasteiger partial charge in [-0.05, 0) is 24.7 Å². The molecule has 0 saturated carbocycles. The van der Waals surface area contributed by atoms with E-state index in [1.807, 2.05) is 0 Å². The quantitative estimate of drug-likeness (QED) is 0.901. The van der Waals surface area contributed by atoms with Crippen molar-refractivity contribution in [1.29, 1.82) is 0 Å². The maximum Gasteiger partial charge on any atom is 0.137 e. The molecule has 1 saturated heterocycles. The number of aromatic nitrogens is 2. The van der Waals surface area contributed by atoms with E-state index in [2.05, 4.69) is 35.8 Å². The second-order valence-electron chi connectivity index (χ2n) is 5.59. The Morgan fingerprint density at radius 3 is 2.68 bits per heavy atom. The molecule has 1 aromatic heterocycles. The average molecular weight is 264 g/mol. The minimum absolute atomic E-state index is 0.327. The second kappa shape index (κ2) is 6.19. The lowest BCUT2D eigenvalue weighted by molar-refractivity contribution is 0.0685. The zero-order chi connectivity index (χ0) is 13.8. The molecule has 2 N–H and O–H groups in total. The van der Waals surface area contributed by atoms with Crippen LogP contribution >= 0.6 is 0 Å². The number of nitrogens with zero attached hydrogens (tertiary/aromatic N) is 3. The summed E-state index contributed by atoms with van der Waals surface area (Å²) < 4.78 is 5.40. The minimum Gasteiger partial charge on any atom is -0.383 e. The van der Waals surface area contributed by atoms with Crippen LogP contribution in [0.2, 0.25) is 0 Å². The topological polar surface area (TPSA) is 64.3 Å². The maximum atomic E-state index is 6.00. The van der Waals surface area contributed by atoms with E-state index < -0.39 is 0 Å². The van der Waals surface area contributed by atoms with Gasteiger partial charge in [-0.3, -0.25) is 0 Å². The zero-order valence-corrected chi connectivity index (χ0v) is 12.1. The fraction of sp³-hybridized carbons (Fsp3) is 0.714. The van der Waals surface area contributed by atoms with Crippen LogP contribution in [0.5, 0.6) is 0 Å². The smallest absolute Gasteiger partial charge is 0.137 e. The molecule has 106 valence electrons. The van der Waals surface area contributed by atoms with Crippen molar-refractivity contribution in [2.24, 2.45) is 5.92 Å². The van der Waals surface area contributed by atoms with Gasteiger partial charge in [0.15, 0.2) is 0 Å². The van der Waals surface area contributed by atoms with Gasteiger partial charge in [-0.15, -0.1) is 0 Å². The second-order valence-corrected chi connectivity index (χ2v) is 5.59. The van der Waals surface area contributed by atoms with Gasteiger partial charge in [-0.25, -0.2) is 9.97 Å². The fourth-order valence-corrected chi connectivity index (χ4v) is 2.66. The van der Waals surface area contributed by atoms with Gasteiger partial charge in [-0.1, -0.05) is 13.8 Å². The van der Waals surface area contributed by atoms with Crippen LogP contribution in [0.3, 0.4) is 0 Å². The number of ether oxygens (including phenoxy) is 1. The van der Waals surface area contributed by atoms with Crippen LogP contribution in [-0.4, -0.2) is 36.8 Å². The molecule has 2 heterocycles. The summed E-state index contributed by atoms with van der Waals surface area (Å²) in [4.78, 5) is 10.8. The molecule has 1 aliphatic heterocycles. The lowest BCUT2D eigenvalue weighted by Crippen LogP contribution is -2.31. The van der Waals surface area contributed by atoms with Crippen LogP contribution in [0, 0.1) is 5.92 Å². The highest BCUT2D eigenvalue weighted by atomic mass is 16.5. The molecule has 0 atom stereocenters. The van der Waals surface area contributed by atoms with Gasteiger partial charge in [0.2, 0.25) is 0 Å². The summed E-state index contributed by atoms with van der Waals surface area (Å²) in [5.41, 5.74) is 7.05. The van der Waals surface area contributed by atoms with Gasteiger partial charge >= 0.3 is 0 Å². The molecule has 1 aliphatic rings. The van der Waals surface area contributed by atoms with Crippen molar-refractivity contribution < 1.29 is 4.74 Å². The van der Waals surface area contributed by atoms with Crippen molar-refractivity contribution in [3.8, 4) is 0 Å². The van der Waals surface area contributed by atoms with Crippen LogP contribution in [0.15, 0.2) is 6.33 Å². The molecule has 0 unspecified atom stereocenters. The van der Waals surface area contributed by atoms with Gasteiger partial charge < -0.3 is 15.4 Å². The number of rotatable bonds is 4. The van der Waals surface area contributed by atoms with E-state index in [0.717, 1.165) is 44.0 Å². The summed E-state index contributed by atoms with van der Waals surface area (Å²) in [5, 5.41) is 0.